The highest BCUT2D eigenvalue weighted by atomic mass is 14.3. The second-order valence-electron chi connectivity index (χ2n) is 7.23. The van der Waals surface area contributed by atoms with Gasteiger partial charge in [0.1, 0.15) is 0 Å². The Kier molecular flexibility index (Phi) is 4.77. The van der Waals surface area contributed by atoms with Crippen molar-refractivity contribution in [1.82, 2.24) is 0 Å². The summed E-state index contributed by atoms with van der Waals surface area (Å²) in [7, 11) is 0. The lowest BCUT2D eigenvalue weighted by Gasteiger charge is -2.35. The molecule has 0 radical (unpaired) electrons. The summed E-state index contributed by atoms with van der Waals surface area (Å²) >= 11 is 0. The molecule has 0 amide bonds. The van der Waals surface area contributed by atoms with Gasteiger partial charge in [0.2, 0.25) is 0 Å². The molecule has 18 heavy (non-hydrogen) atoms. The minimum atomic E-state index is 0.686. The molecule has 0 aromatic carbocycles. The Balaban J connectivity index is 1.86. The van der Waals surface area contributed by atoms with Crippen LogP contribution in [0.15, 0.2) is 0 Å². The van der Waals surface area contributed by atoms with Crippen LogP contribution in [0.25, 0.3) is 0 Å². The molecule has 2 saturated carbocycles. The number of hydrogen-bond donors (Lipinski definition) is 0. The molecule has 0 aromatic rings. The van der Waals surface area contributed by atoms with Gasteiger partial charge in [0.25, 0.3) is 0 Å². The highest BCUT2D eigenvalue weighted by Crippen LogP contribution is 2.37. The molecule has 0 heterocycles. The van der Waals surface area contributed by atoms with Crippen molar-refractivity contribution in [2.75, 3.05) is 0 Å². The van der Waals surface area contributed by atoms with Crippen LogP contribution >= 0.6 is 0 Å². The molecule has 0 N–H and O–H groups in total. The molecule has 0 saturated heterocycles. The largest absolute Gasteiger partial charge is 0.0996 e. The fraction of sp³-hybridized carbons (Fsp3) is 0.889. The van der Waals surface area contributed by atoms with E-state index in [1.165, 1.54) is 38.5 Å². The normalized spacial score (nSPS) is 45.1. The molecule has 2 aliphatic carbocycles. The maximum atomic E-state index is 3.64. The van der Waals surface area contributed by atoms with Crippen LogP contribution < -0.4 is 0 Å². The van der Waals surface area contributed by atoms with E-state index in [-0.39, 0.29) is 0 Å². The lowest BCUT2D eigenvalue weighted by molar-refractivity contribution is 0.168. The molecular formula is C18H30. The van der Waals surface area contributed by atoms with Crippen LogP contribution in [0.4, 0.5) is 0 Å². The van der Waals surface area contributed by atoms with E-state index in [0.717, 1.165) is 23.7 Å². The van der Waals surface area contributed by atoms with Crippen molar-refractivity contribution >= 4 is 0 Å². The molecule has 2 atom stereocenters. The van der Waals surface area contributed by atoms with Crippen molar-refractivity contribution in [3.05, 3.63) is 0 Å². The third-order valence-corrected chi connectivity index (χ3v) is 5.62. The van der Waals surface area contributed by atoms with Gasteiger partial charge in [-0.25, -0.2) is 0 Å². The van der Waals surface area contributed by atoms with Gasteiger partial charge in [0, 0.05) is 11.8 Å². The van der Waals surface area contributed by atoms with Crippen LogP contribution in [-0.2, 0) is 0 Å². The predicted molar refractivity (Wildman–Crippen MR) is 79.1 cm³/mol. The van der Waals surface area contributed by atoms with E-state index in [9.17, 15) is 0 Å². The Morgan fingerprint density at radius 3 is 1.72 bits per heavy atom. The fourth-order valence-corrected chi connectivity index (χ4v) is 3.74. The first-order valence-corrected chi connectivity index (χ1v) is 8.07. The van der Waals surface area contributed by atoms with Gasteiger partial charge in [-0.2, -0.15) is 0 Å². The molecule has 0 aromatic heterocycles. The SMILES string of the molecule is CC1CCC(C#CC2CC(C)C(C)C(C)C2)CC1. The van der Waals surface area contributed by atoms with Crippen molar-refractivity contribution in [3.63, 3.8) is 0 Å². The van der Waals surface area contributed by atoms with E-state index < -0.39 is 0 Å². The van der Waals surface area contributed by atoms with Crippen molar-refractivity contribution in [3.8, 4) is 11.8 Å². The minimum Gasteiger partial charge on any atom is -0.0996 e. The standard InChI is InChI=1S/C18H30/c1-13-5-7-17(8-6-13)9-10-18-11-14(2)16(4)15(3)12-18/h13-18H,5-8,11-12H2,1-4H3. The summed E-state index contributed by atoms with van der Waals surface area (Å²) in [6.07, 6.45) is 8.16. The molecule has 0 spiro atoms. The third-order valence-electron chi connectivity index (χ3n) is 5.62. The van der Waals surface area contributed by atoms with Crippen molar-refractivity contribution in [1.29, 1.82) is 0 Å². The van der Waals surface area contributed by atoms with Gasteiger partial charge < -0.3 is 0 Å². The van der Waals surface area contributed by atoms with Gasteiger partial charge in [-0.3, -0.25) is 0 Å². The molecule has 2 rings (SSSR count). The monoisotopic (exact) mass is 246 g/mol. The zero-order valence-corrected chi connectivity index (χ0v) is 12.7. The van der Waals surface area contributed by atoms with E-state index in [2.05, 4.69) is 39.5 Å². The number of hydrogen-bond acceptors (Lipinski definition) is 0. The van der Waals surface area contributed by atoms with Crippen LogP contribution in [0, 0.1) is 47.3 Å². The first-order chi connectivity index (χ1) is 8.56. The highest BCUT2D eigenvalue weighted by molar-refractivity contribution is 5.09. The Hall–Kier alpha value is -0.440. The van der Waals surface area contributed by atoms with Crippen LogP contribution in [0.2, 0.25) is 0 Å². The second kappa shape index (κ2) is 6.14. The van der Waals surface area contributed by atoms with Crippen LogP contribution in [0.3, 0.4) is 0 Å². The zero-order valence-electron chi connectivity index (χ0n) is 12.7. The highest BCUT2D eigenvalue weighted by Gasteiger charge is 2.29. The van der Waals surface area contributed by atoms with Crippen LogP contribution in [0.5, 0.6) is 0 Å². The zero-order chi connectivity index (χ0) is 13.1. The Labute approximate surface area is 114 Å². The topological polar surface area (TPSA) is 0 Å². The summed E-state index contributed by atoms with van der Waals surface area (Å²) in [5, 5.41) is 0. The quantitative estimate of drug-likeness (QED) is 0.519. The summed E-state index contributed by atoms with van der Waals surface area (Å²) in [5.41, 5.74) is 0. The molecule has 2 fully saturated rings. The van der Waals surface area contributed by atoms with Crippen LogP contribution in [0.1, 0.15) is 66.2 Å². The average molecular weight is 246 g/mol. The van der Waals surface area contributed by atoms with Gasteiger partial charge in [0.05, 0.1) is 0 Å². The lowest BCUT2D eigenvalue weighted by Crippen LogP contribution is -2.27. The minimum absolute atomic E-state index is 0.686. The van der Waals surface area contributed by atoms with Gasteiger partial charge in [-0.1, -0.05) is 39.5 Å². The maximum absolute atomic E-state index is 3.64. The van der Waals surface area contributed by atoms with Crippen molar-refractivity contribution in [2.45, 2.75) is 66.2 Å². The molecule has 2 unspecified atom stereocenters. The van der Waals surface area contributed by atoms with E-state index in [1.54, 1.807) is 0 Å². The number of rotatable bonds is 0. The molecular weight excluding hydrogens is 216 g/mol. The van der Waals surface area contributed by atoms with Gasteiger partial charge >= 0.3 is 0 Å². The first-order valence-electron chi connectivity index (χ1n) is 8.07. The third kappa shape index (κ3) is 3.53. The average Bonchev–Trinajstić information content (AvgIpc) is 2.35. The second-order valence-corrected chi connectivity index (χ2v) is 7.23. The summed E-state index contributed by atoms with van der Waals surface area (Å²) in [6.45, 7) is 9.63. The summed E-state index contributed by atoms with van der Waals surface area (Å²) in [5.74, 6) is 12.2. The molecule has 0 nitrogen and oxygen atoms in total. The summed E-state index contributed by atoms with van der Waals surface area (Å²) < 4.78 is 0. The van der Waals surface area contributed by atoms with Crippen molar-refractivity contribution < 1.29 is 0 Å². The fourth-order valence-electron chi connectivity index (χ4n) is 3.74. The van der Waals surface area contributed by atoms with Crippen LogP contribution in [-0.4, -0.2) is 0 Å². The smallest absolute Gasteiger partial charge is 0.0208 e. The molecule has 0 aliphatic heterocycles. The maximum Gasteiger partial charge on any atom is 0.0208 e. The molecule has 0 bridgehead atoms. The van der Waals surface area contributed by atoms with E-state index in [4.69, 9.17) is 0 Å². The molecule has 102 valence electrons. The Morgan fingerprint density at radius 1 is 0.667 bits per heavy atom. The first kappa shape index (κ1) is 14.0. The van der Waals surface area contributed by atoms with E-state index in [0.29, 0.717) is 11.8 Å². The van der Waals surface area contributed by atoms with Crippen molar-refractivity contribution in [2.24, 2.45) is 35.5 Å². The van der Waals surface area contributed by atoms with Gasteiger partial charge in [0.15, 0.2) is 0 Å². The molecule has 0 heteroatoms. The lowest BCUT2D eigenvalue weighted by atomic mass is 9.70. The summed E-state index contributed by atoms with van der Waals surface area (Å²) in [4.78, 5) is 0. The Morgan fingerprint density at radius 2 is 1.17 bits per heavy atom. The van der Waals surface area contributed by atoms with Gasteiger partial charge in [-0.15, -0.1) is 0 Å². The Bertz CT molecular complexity index is 299. The predicted octanol–water partition coefficient (Wildman–Crippen LogP) is 5.13. The molecule has 2 aliphatic rings. The van der Waals surface area contributed by atoms with E-state index in [1.807, 2.05) is 0 Å². The van der Waals surface area contributed by atoms with E-state index >= 15 is 0 Å². The summed E-state index contributed by atoms with van der Waals surface area (Å²) in [6, 6.07) is 0. The van der Waals surface area contributed by atoms with Gasteiger partial charge in [-0.05, 0) is 62.2 Å².